The topological polar surface area (TPSA) is 48.5 Å². The van der Waals surface area contributed by atoms with Crippen LogP contribution < -0.4 is 10.2 Å². The van der Waals surface area contributed by atoms with Gasteiger partial charge in [0.05, 0.1) is 11.4 Å². The zero-order valence-corrected chi connectivity index (χ0v) is 19.7. The normalized spacial score (nSPS) is 14.5. The first-order valence-electron chi connectivity index (χ1n) is 10.7. The van der Waals surface area contributed by atoms with Crippen LogP contribution in [-0.2, 0) is 0 Å². The van der Waals surface area contributed by atoms with Gasteiger partial charge in [-0.05, 0) is 29.8 Å². The zero-order chi connectivity index (χ0) is 24.1. The quantitative estimate of drug-likeness (QED) is 0.435. The number of nitrogens with one attached hydrogen (secondary N) is 1. The van der Waals surface area contributed by atoms with E-state index >= 15 is 0 Å². The molecular formula is C25H22Cl2F2N4O. The summed E-state index contributed by atoms with van der Waals surface area (Å²) in [5, 5.41) is 3.54. The van der Waals surface area contributed by atoms with Gasteiger partial charge < -0.3 is 10.2 Å². The van der Waals surface area contributed by atoms with Crippen molar-refractivity contribution in [3.05, 3.63) is 93.7 Å². The molecule has 9 heteroatoms. The minimum absolute atomic E-state index is 0.166. The highest BCUT2D eigenvalue weighted by Gasteiger charge is 2.22. The standard InChI is InChI=1S/C25H22Cl2F2N4O/c26-19-5-3-17(4-6-19)2-1-9-32-10-12-33(13-11-32)23-16-21(29)20(28)15-22(23)31-25(34)18-7-8-30-24(27)14-18/h1-8,14-16H,9-13H2,(H,31,34). The predicted octanol–water partition coefficient (Wildman–Crippen LogP) is 5.75. The fourth-order valence-electron chi connectivity index (χ4n) is 3.72. The van der Waals surface area contributed by atoms with Crippen LogP contribution in [0.1, 0.15) is 15.9 Å². The van der Waals surface area contributed by atoms with E-state index in [1.807, 2.05) is 35.2 Å². The smallest absolute Gasteiger partial charge is 0.255 e. The van der Waals surface area contributed by atoms with Crippen LogP contribution in [0.15, 0.2) is 60.8 Å². The molecule has 0 radical (unpaired) electrons. The molecule has 1 saturated heterocycles. The fraction of sp³-hybridized carbons (Fsp3) is 0.200. The van der Waals surface area contributed by atoms with E-state index in [0.29, 0.717) is 23.8 Å². The monoisotopic (exact) mass is 502 g/mol. The number of anilines is 2. The molecule has 3 aromatic rings. The summed E-state index contributed by atoms with van der Waals surface area (Å²) in [6.07, 6.45) is 5.53. The summed E-state index contributed by atoms with van der Waals surface area (Å²) in [4.78, 5) is 20.7. The molecule has 1 N–H and O–H groups in total. The Hall–Kier alpha value is -3.00. The van der Waals surface area contributed by atoms with Crippen LogP contribution >= 0.6 is 23.2 Å². The van der Waals surface area contributed by atoms with Gasteiger partial charge in [-0.2, -0.15) is 0 Å². The lowest BCUT2D eigenvalue weighted by Gasteiger charge is -2.36. The number of piperazine rings is 1. The van der Waals surface area contributed by atoms with Crippen molar-refractivity contribution in [1.82, 2.24) is 9.88 Å². The highest BCUT2D eigenvalue weighted by molar-refractivity contribution is 6.30. The molecule has 176 valence electrons. The van der Waals surface area contributed by atoms with Crippen LogP contribution in [0, 0.1) is 11.6 Å². The van der Waals surface area contributed by atoms with E-state index in [0.717, 1.165) is 37.3 Å². The first kappa shape index (κ1) is 24.1. The Morgan fingerprint density at radius 2 is 1.71 bits per heavy atom. The number of rotatable bonds is 6. The molecule has 1 aliphatic rings. The number of pyridine rings is 1. The Balaban J connectivity index is 1.41. The molecule has 0 unspecified atom stereocenters. The number of aromatic nitrogens is 1. The number of amides is 1. The van der Waals surface area contributed by atoms with E-state index in [1.165, 1.54) is 18.3 Å². The van der Waals surface area contributed by atoms with Gasteiger partial charge in [-0.1, -0.05) is 47.5 Å². The van der Waals surface area contributed by atoms with E-state index in [1.54, 1.807) is 0 Å². The van der Waals surface area contributed by atoms with Crippen LogP contribution in [0.25, 0.3) is 6.08 Å². The van der Waals surface area contributed by atoms with Gasteiger partial charge in [0.1, 0.15) is 5.15 Å². The molecule has 1 amide bonds. The average molecular weight is 503 g/mol. The van der Waals surface area contributed by atoms with Crippen molar-refractivity contribution in [2.75, 3.05) is 42.9 Å². The highest BCUT2D eigenvalue weighted by Crippen LogP contribution is 2.30. The van der Waals surface area contributed by atoms with Gasteiger partial charge in [-0.3, -0.25) is 9.69 Å². The van der Waals surface area contributed by atoms with Crippen LogP contribution in [-0.4, -0.2) is 48.5 Å². The third-order valence-electron chi connectivity index (χ3n) is 5.53. The van der Waals surface area contributed by atoms with Gasteiger partial charge >= 0.3 is 0 Å². The third kappa shape index (κ3) is 6.11. The van der Waals surface area contributed by atoms with Gasteiger partial charge in [-0.15, -0.1) is 0 Å². The lowest BCUT2D eigenvalue weighted by molar-refractivity contribution is 0.102. The number of hydrogen-bond acceptors (Lipinski definition) is 4. The number of carbonyl (C=O) groups excluding carboxylic acids is 1. The first-order chi connectivity index (χ1) is 16.4. The second-order valence-electron chi connectivity index (χ2n) is 7.85. The highest BCUT2D eigenvalue weighted by atomic mass is 35.5. The summed E-state index contributed by atoms with van der Waals surface area (Å²) in [5.74, 6) is -2.48. The van der Waals surface area contributed by atoms with E-state index in [4.69, 9.17) is 23.2 Å². The van der Waals surface area contributed by atoms with Crippen molar-refractivity contribution in [3.8, 4) is 0 Å². The van der Waals surface area contributed by atoms with Crippen molar-refractivity contribution in [3.63, 3.8) is 0 Å². The van der Waals surface area contributed by atoms with E-state index in [-0.39, 0.29) is 16.4 Å². The molecule has 5 nitrogen and oxygen atoms in total. The second kappa shape index (κ2) is 11.0. The Morgan fingerprint density at radius 3 is 2.41 bits per heavy atom. The summed E-state index contributed by atoms with van der Waals surface area (Å²) in [7, 11) is 0. The number of benzene rings is 2. The minimum Gasteiger partial charge on any atom is -0.367 e. The molecule has 0 bridgehead atoms. The summed E-state index contributed by atoms with van der Waals surface area (Å²) in [6.45, 7) is 3.43. The van der Waals surface area contributed by atoms with Crippen LogP contribution in [0.5, 0.6) is 0 Å². The second-order valence-corrected chi connectivity index (χ2v) is 8.67. The molecule has 1 aliphatic heterocycles. The maximum Gasteiger partial charge on any atom is 0.255 e. The van der Waals surface area contributed by atoms with Crippen LogP contribution in [0.3, 0.4) is 0 Å². The van der Waals surface area contributed by atoms with Crippen molar-refractivity contribution < 1.29 is 13.6 Å². The number of halogens is 4. The first-order valence-corrected chi connectivity index (χ1v) is 11.5. The lowest BCUT2D eigenvalue weighted by Crippen LogP contribution is -2.46. The van der Waals surface area contributed by atoms with E-state index < -0.39 is 17.5 Å². The average Bonchev–Trinajstić information content (AvgIpc) is 2.83. The molecule has 1 aromatic heterocycles. The molecule has 1 fully saturated rings. The number of carbonyl (C=O) groups is 1. The van der Waals surface area contributed by atoms with Crippen molar-refractivity contribution in [1.29, 1.82) is 0 Å². The van der Waals surface area contributed by atoms with Gasteiger partial charge in [-0.25, -0.2) is 13.8 Å². The SMILES string of the molecule is O=C(Nc1cc(F)c(F)cc1N1CCN(CC=Cc2ccc(Cl)cc2)CC1)c1ccnc(Cl)c1. The maximum atomic E-state index is 14.1. The van der Waals surface area contributed by atoms with Crippen molar-refractivity contribution in [2.24, 2.45) is 0 Å². The molecule has 0 spiro atoms. The fourth-order valence-corrected chi connectivity index (χ4v) is 4.02. The van der Waals surface area contributed by atoms with Crippen molar-refractivity contribution in [2.45, 2.75) is 0 Å². The van der Waals surface area contributed by atoms with E-state index in [2.05, 4.69) is 21.3 Å². The third-order valence-corrected chi connectivity index (χ3v) is 5.99. The van der Waals surface area contributed by atoms with Crippen molar-refractivity contribution >= 4 is 46.6 Å². The summed E-state index contributed by atoms with van der Waals surface area (Å²) >= 11 is 11.8. The molecule has 2 heterocycles. The molecule has 2 aromatic carbocycles. The molecule has 0 atom stereocenters. The van der Waals surface area contributed by atoms with E-state index in [9.17, 15) is 13.6 Å². The van der Waals surface area contributed by atoms with Gasteiger partial charge in [0.25, 0.3) is 5.91 Å². The maximum absolute atomic E-state index is 14.1. The largest absolute Gasteiger partial charge is 0.367 e. The zero-order valence-electron chi connectivity index (χ0n) is 18.1. The molecule has 34 heavy (non-hydrogen) atoms. The molecule has 0 aliphatic carbocycles. The summed E-state index contributed by atoms with van der Waals surface area (Å²) < 4.78 is 28.1. The lowest BCUT2D eigenvalue weighted by atomic mass is 10.1. The molecule has 0 saturated carbocycles. The summed E-state index contributed by atoms with van der Waals surface area (Å²) in [6, 6.07) is 12.6. The Bertz CT molecular complexity index is 1200. The molecule has 4 rings (SSSR count). The van der Waals surface area contributed by atoms with Gasteiger partial charge in [0.2, 0.25) is 0 Å². The van der Waals surface area contributed by atoms with Gasteiger partial charge in [0, 0.05) is 61.6 Å². The Kier molecular flexibility index (Phi) is 7.77. The number of hydrogen-bond donors (Lipinski definition) is 1. The Morgan fingerprint density at radius 1 is 1.00 bits per heavy atom. The molecular weight excluding hydrogens is 481 g/mol. The van der Waals surface area contributed by atoms with Crippen LogP contribution in [0.2, 0.25) is 10.2 Å². The minimum atomic E-state index is -1.03. The van der Waals surface area contributed by atoms with Crippen LogP contribution in [0.4, 0.5) is 20.2 Å². The predicted molar refractivity (Wildman–Crippen MR) is 133 cm³/mol. The number of nitrogens with zero attached hydrogens (tertiary/aromatic N) is 3. The Labute approximate surface area is 206 Å². The summed E-state index contributed by atoms with van der Waals surface area (Å²) in [5.41, 5.74) is 1.98. The van der Waals surface area contributed by atoms with Gasteiger partial charge in [0.15, 0.2) is 11.6 Å².